The number of ether oxygens (including phenoxy) is 2. The number of aromatic amines is 1. The molecule has 3 rings (SSSR count). The Hall–Kier alpha value is -2.87. The Balaban J connectivity index is 1.82. The third kappa shape index (κ3) is 4.33. The Morgan fingerprint density at radius 1 is 1.43 bits per heavy atom. The minimum absolute atomic E-state index is 0.0362. The molecule has 0 unspecified atom stereocenters. The van der Waals surface area contributed by atoms with Gasteiger partial charge in [0.1, 0.15) is 12.2 Å². The summed E-state index contributed by atoms with van der Waals surface area (Å²) in [5.74, 6) is -0.352. The lowest BCUT2D eigenvalue weighted by atomic mass is 9.95. The average Bonchev–Trinajstić information content (AvgIpc) is 3.23. The maximum atomic E-state index is 12.7. The van der Waals surface area contributed by atoms with E-state index in [-0.39, 0.29) is 25.7 Å². The molecule has 2 aromatic rings. The van der Waals surface area contributed by atoms with Crippen LogP contribution in [0, 0.1) is 6.92 Å². The third-order valence-corrected chi connectivity index (χ3v) is 4.54. The molecular weight excluding hydrogens is 362 g/mol. The van der Waals surface area contributed by atoms with E-state index in [0.29, 0.717) is 11.1 Å². The summed E-state index contributed by atoms with van der Waals surface area (Å²) < 4.78 is 10.6. The lowest BCUT2D eigenvalue weighted by Gasteiger charge is -2.29. The maximum Gasteiger partial charge on any atom is 0.410 e. The summed E-state index contributed by atoms with van der Waals surface area (Å²) in [6.07, 6.45) is 1.84. The first-order valence-electron chi connectivity index (χ1n) is 9.09. The molecule has 1 aliphatic heterocycles. The molecular formula is C20H25N3O5. The van der Waals surface area contributed by atoms with E-state index >= 15 is 0 Å². The fraction of sp³-hybridized carbons (Fsp3) is 0.450. The highest BCUT2D eigenvalue weighted by Crippen LogP contribution is 2.29. The molecule has 2 heterocycles. The van der Waals surface area contributed by atoms with Gasteiger partial charge in [-0.15, -0.1) is 0 Å². The Labute approximate surface area is 163 Å². The number of carbonyl (C=O) groups is 2. The predicted molar refractivity (Wildman–Crippen MR) is 100 cm³/mol. The Morgan fingerprint density at radius 2 is 2.18 bits per heavy atom. The molecule has 0 spiro atoms. The van der Waals surface area contributed by atoms with Crippen LogP contribution in [0.25, 0.3) is 0 Å². The van der Waals surface area contributed by atoms with E-state index in [1.807, 2.05) is 6.92 Å². The molecule has 1 aliphatic rings. The number of benzene rings is 1. The minimum Gasteiger partial charge on any atom is -0.457 e. The van der Waals surface area contributed by atoms with Crippen molar-refractivity contribution in [3.8, 4) is 0 Å². The molecule has 0 aliphatic carbocycles. The molecule has 150 valence electrons. The summed E-state index contributed by atoms with van der Waals surface area (Å²) in [5.41, 5.74) is 2.89. The molecule has 1 aromatic heterocycles. The zero-order valence-corrected chi connectivity index (χ0v) is 16.5. The standard InChI is InChI=1S/C20H25N3O5/c1-12-14(5-6-15-16(12)11-27-18(15)25)17(24)10-23(9-13-7-21-22-8-13)19(26)28-20(2,3)4/h5-8,17,24H,9-11H2,1-4H3,(H,21,22)/t17-/m0/s1. The highest BCUT2D eigenvalue weighted by Gasteiger charge is 2.28. The van der Waals surface area contributed by atoms with Crippen LogP contribution in [0.2, 0.25) is 0 Å². The number of aliphatic hydroxyl groups is 1. The first kappa shape index (κ1) is 19.9. The minimum atomic E-state index is -0.944. The van der Waals surface area contributed by atoms with Crippen LogP contribution in [-0.2, 0) is 22.6 Å². The predicted octanol–water partition coefficient (Wildman–Crippen LogP) is 2.86. The van der Waals surface area contributed by atoms with Gasteiger partial charge < -0.3 is 19.5 Å². The highest BCUT2D eigenvalue weighted by atomic mass is 16.6. The van der Waals surface area contributed by atoms with Gasteiger partial charge in [0.05, 0.1) is 31.0 Å². The molecule has 8 nitrogen and oxygen atoms in total. The number of esters is 1. The van der Waals surface area contributed by atoms with Gasteiger partial charge in [-0.25, -0.2) is 9.59 Å². The second-order valence-electron chi connectivity index (χ2n) is 7.87. The molecule has 0 saturated heterocycles. The van der Waals surface area contributed by atoms with Gasteiger partial charge in [-0.05, 0) is 44.9 Å². The van der Waals surface area contributed by atoms with Gasteiger partial charge in [0, 0.05) is 17.3 Å². The van der Waals surface area contributed by atoms with Crippen LogP contribution in [0.1, 0.15) is 59.5 Å². The number of aromatic nitrogens is 2. The van der Waals surface area contributed by atoms with Gasteiger partial charge in [-0.1, -0.05) is 6.07 Å². The molecule has 1 aromatic carbocycles. The van der Waals surface area contributed by atoms with Crippen LogP contribution in [0.15, 0.2) is 24.5 Å². The second-order valence-corrected chi connectivity index (χ2v) is 7.87. The number of amides is 1. The first-order valence-corrected chi connectivity index (χ1v) is 9.09. The summed E-state index contributed by atoms with van der Waals surface area (Å²) in [6.45, 7) is 7.69. The van der Waals surface area contributed by atoms with E-state index in [1.165, 1.54) is 4.90 Å². The van der Waals surface area contributed by atoms with E-state index in [9.17, 15) is 14.7 Å². The number of cyclic esters (lactones) is 1. The normalized spacial score (nSPS) is 14.4. The fourth-order valence-electron chi connectivity index (χ4n) is 3.15. The molecule has 0 radical (unpaired) electrons. The number of H-pyrrole nitrogens is 1. The largest absolute Gasteiger partial charge is 0.457 e. The molecule has 1 amide bonds. The van der Waals surface area contributed by atoms with Gasteiger partial charge in [0.25, 0.3) is 0 Å². The number of nitrogens with one attached hydrogen (secondary N) is 1. The second kappa shape index (κ2) is 7.63. The van der Waals surface area contributed by atoms with E-state index in [1.54, 1.807) is 45.3 Å². The van der Waals surface area contributed by atoms with Crippen molar-refractivity contribution in [2.75, 3.05) is 6.54 Å². The summed E-state index contributed by atoms with van der Waals surface area (Å²) in [6, 6.07) is 3.36. The zero-order chi connectivity index (χ0) is 20.5. The number of rotatable bonds is 5. The fourth-order valence-corrected chi connectivity index (χ4v) is 3.15. The monoisotopic (exact) mass is 387 g/mol. The molecule has 0 fully saturated rings. The number of hydrogen-bond acceptors (Lipinski definition) is 6. The van der Waals surface area contributed by atoms with Crippen LogP contribution in [0.5, 0.6) is 0 Å². The van der Waals surface area contributed by atoms with Crippen molar-refractivity contribution in [2.45, 2.75) is 52.6 Å². The van der Waals surface area contributed by atoms with Crippen molar-refractivity contribution in [2.24, 2.45) is 0 Å². The van der Waals surface area contributed by atoms with Crippen molar-refractivity contribution in [1.82, 2.24) is 15.1 Å². The quantitative estimate of drug-likeness (QED) is 0.765. The van der Waals surface area contributed by atoms with Crippen LogP contribution in [-0.4, -0.2) is 44.4 Å². The molecule has 28 heavy (non-hydrogen) atoms. The summed E-state index contributed by atoms with van der Waals surface area (Å²) in [4.78, 5) is 25.8. The molecule has 0 bridgehead atoms. The smallest absolute Gasteiger partial charge is 0.410 e. The number of nitrogens with zero attached hydrogens (tertiary/aromatic N) is 2. The Bertz CT molecular complexity index is 871. The van der Waals surface area contributed by atoms with Gasteiger partial charge in [-0.3, -0.25) is 5.10 Å². The number of fused-ring (bicyclic) bond motifs is 1. The Kier molecular flexibility index (Phi) is 5.42. The van der Waals surface area contributed by atoms with Crippen molar-refractivity contribution in [1.29, 1.82) is 0 Å². The number of carbonyl (C=O) groups excluding carboxylic acids is 2. The number of hydrogen-bond donors (Lipinski definition) is 2. The van der Waals surface area contributed by atoms with E-state index in [4.69, 9.17) is 9.47 Å². The summed E-state index contributed by atoms with van der Waals surface area (Å²) >= 11 is 0. The lowest BCUT2D eigenvalue weighted by molar-refractivity contribution is 0.0123. The van der Waals surface area contributed by atoms with Crippen LogP contribution in [0.3, 0.4) is 0 Å². The van der Waals surface area contributed by atoms with Gasteiger partial charge in [0.15, 0.2) is 0 Å². The van der Waals surface area contributed by atoms with Crippen molar-refractivity contribution in [3.05, 3.63) is 52.3 Å². The summed E-state index contributed by atoms with van der Waals surface area (Å²) in [7, 11) is 0. The number of aliphatic hydroxyl groups excluding tert-OH is 1. The molecule has 0 saturated carbocycles. The first-order chi connectivity index (χ1) is 13.2. The van der Waals surface area contributed by atoms with E-state index in [0.717, 1.165) is 16.7 Å². The molecule has 2 N–H and O–H groups in total. The van der Waals surface area contributed by atoms with Gasteiger partial charge in [0.2, 0.25) is 0 Å². The van der Waals surface area contributed by atoms with Crippen molar-refractivity contribution < 1.29 is 24.2 Å². The molecule has 1 atom stereocenters. The summed E-state index contributed by atoms with van der Waals surface area (Å²) in [5, 5.41) is 17.5. The topological polar surface area (TPSA) is 105 Å². The highest BCUT2D eigenvalue weighted by molar-refractivity contribution is 5.93. The SMILES string of the molecule is Cc1c([C@@H](O)CN(Cc2cn[nH]c2)C(=O)OC(C)(C)C)ccc2c1COC2=O. The Morgan fingerprint density at radius 3 is 2.82 bits per heavy atom. The third-order valence-electron chi connectivity index (χ3n) is 4.54. The van der Waals surface area contributed by atoms with E-state index in [2.05, 4.69) is 10.2 Å². The maximum absolute atomic E-state index is 12.7. The van der Waals surface area contributed by atoms with Crippen molar-refractivity contribution in [3.63, 3.8) is 0 Å². The van der Waals surface area contributed by atoms with Gasteiger partial charge in [-0.2, -0.15) is 5.10 Å². The van der Waals surface area contributed by atoms with Crippen LogP contribution >= 0.6 is 0 Å². The van der Waals surface area contributed by atoms with Crippen LogP contribution in [0.4, 0.5) is 4.79 Å². The molecule has 8 heteroatoms. The van der Waals surface area contributed by atoms with Gasteiger partial charge >= 0.3 is 12.1 Å². The average molecular weight is 387 g/mol. The van der Waals surface area contributed by atoms with Crippen molar-refractivity contribution >= 4 is 12.1 Å². The van der Waals surface area contributed by atoms with E-state index < -0.39 is 17.8 Å². The zero-order valence-electron chi connectivity index (χ0n) is 16.5. The lowest BCUT2D eigenvalue weighted by Crippen LogP contribution is -2.38. The van der Waals surface area contributed by atoms with Crippen LogP contribution < -0.4 is 0 Å².